The number of aromatic nitrogens is 2. The van der Waals surface area contributed by atoms with E-state index in [2.05, 4.69) is 15.0 Å². The molecule has 3 rings (SSSR count). The molecule has 0 unspecified atom stereocenters. The molecule has 5 nitrogen and oxygen atoms in total. The highest BCUT2D eigenvalue weighted by atomic mass is 16.5. The molecule has 21 heavy (non-hydrogen) atoms. The Hall–Kier alpha value is -2.17. The molecular formula is C16H19N3O2. The van der Waals surface area contributed by atoms with E-state index in [1.807, 2.05) is 32.0 Å². The Balaban J connectivity index is 1.79. The molecule has 2 aromatic rings. The Bertz CT molecular complexity index is 676. The smallest absolute Gasteiger partial charge is 0.246 e. The normalized spacial score (nSPS) is 13.8. The number of nitrogens with zero attached hydrogens (tertiary/aromatic N) is 3. The van der Waals surface area contributed by atoms with Gasteiger partial charge in [0.1, 0.15) is 0 Å². The van der Waals surface area contributed by atoms with Gasteiger partial charge >= 0.3 is 0 Å². The molecule has 1 aromatic carbocycles. The second kappa shape index (κ2) is 5.31. The number of carbonyl (C=O) groups excluding carboxylic acids is 1. The lowest BCUT2D eigenvalue weighted by molar-refractivity contribution is 0.101. The van der Waals surface area contributed by atoms with Gasteiger partial charge in [-0.25, -0.2) is 0 Å². The van der Waals surface area contributed by atoms with Crippen LogP contribution in [0.3, 0.4) is 0 Å². The van der Waals surface area contributed by atoms with E-state index in [1.165, 1.54) is 5.56 Å². The van der Waals surface area contributed by atoms with Crippen LogP contribution in [0.5, 0.6) is 0 Å². The molecule has 0 spiro atoms. The third-order valence-corrected chi connectivity index (χ3v) is 3.80. The summed E-state index contributed by atoms with van der Waals surface area (Å²) in [6.45, 7) is 7.22. The van der Waals surface area contributed by atoms with Crippen molar-refractivity contribution in [3.8, 4) is 0 Å². The largest absolute Gasteiger partial charge is 0.362 e. The number of hydrogen-bond donors (Lipinski definition) is 0. The van der Waals surface area contributed by atoms with Crippen molar-refractivity contribution in [3.63, 3.8) is 0 Å². The maximum atomic E-state index is 11.4. The third kappa shape index (κ3) is 2.68. The third-order valence-electron chi connectivity index (χ3n) is 3.80. The lowest BCUT2D eigenvalue weighted by Crippen LogP contribution is -2.19. The summed E-state index contributed by atoms with van der Waals surface area (Å²) in [5.74, 6) is 1.76. The van der Waals surface area contributed by atoms with E-state index < -0.39 is 0 Å². The van der Waals surface area contributed by atoms with Gasteiger partial charge in [0.05, 0.1) is 6.54 Å². The Labute approximate surface area is 124 Å². The highest BCUT2D eigenvalue weighted by Gasteiger charge is 2.22. The van der Waals surface area contributed by atoms with Crippen molar-refractivity contribution in [2.24, 2.45) is 0 Å². The molecule has 0 aliphatic carbocycles. The van der Waals surface area contributed by atoms with Crippen LogP contribution in [0.1, 0.15) is 54.3 Å². The van der Waals surface area contributed by atoms with Crippen molar-refractivity contribution in [3.05, 3.63) is 41.0 Å². The minimum Gasteiger partial charge on any atom is -0.362 e. The van der Waals surface area contributed by atoms with E-state index in [0.717, 1.165) is 30.0 Å². The first-order chi connectivity index (χ1) is 10.0. The van der Waals surface area contributed by atoms with Crippen molar-refractivity contribution in [2.75, 3.05) is 11.4 Å². The topological polar surface area (TPSA) is 59.2 Å². The molecule has 0 saturated heterocycles. The molecule has 0 fully saturated rings. The van der Waals surface area contributed by atoms with Gasteiger partial charge in [-0.1, -0.05) is 19.0 Å². The molecule has 1 aromatic heterocycles. The zero-order chi connectivity index (χ0) is 15.0. The van der Waals surface area contributed by atoms with E-state index in [9.17, 15) is 4.79 Å². The molecule has 5 heteroatoms. The Morgan fingerprint density at radius 3 is 2.90 bits per heavy atom. The van der Waals surface area contributed by atoms with Crippen LogP contribution >= 0.6 is 0 Å². The van der Waals surface area contributed by atoms with Crippen molar-refractivity contribution < 1.29 is 9.32 Å². The van der Waals surface area contributed by atoms with E-state index >= 15 is 0 Å². The summed E-state index contributed by atoms with van der Waals surface area (Å²) < 4.78 is 5.31. The second-order valence-corrected chi connectivity index (χ2v) is 5.77. The molecule has 2 heterocycles. The SMILES string of the molecule is CC(=O)c1ccc2c(c1)CCN2Cc1nc(C(C)C)no1. The minimum absolute atomic E-state index is 0.106. The molecule has 0 N–H and O–H groups in total. The van der Waals surface area contributed by atoms with Gasteiger partial charge in [-0.3, -0.25) is 4.79 Å². The van der Waals surface area contributed by atoms with Crippen molar-refractivity contribution in [1.82, 2.24) is 10.1 Å². The van der Waals surface area contributed by atoms with Crippen LogP contribution in [-0.4, -0.2) is 22.5 Å². The van der Waals surface area contributed by atoms with Gasteiger partial charge in [0.25, 0.3) is 0 Å². The van der Waals surface area contributed by atoms with E-state index in [4.69, 9.17) is 4.52 Å². The maximum Gasteiger partial charge on any atom is 0.246 e. The van der Waals surface area contributed by atoms with Gasteiger partial charge in [-0.15, -0.1) is 0 Å². The van der Waals surface area contributed by atoms with Crippen LogP contribution in [0.25, 0.3) is 0 Å². The average molecular weight is 285 g/mol. The molecule has 0 atom stereocenters. The van der Waals surface area contributed by atoms with Crippen LogP contribution in [0.4, 0.5) is 5.69 Å². The van der Waals surface area contributed by atoms with Crippen molar-refractivity contribution >= 4 is 11.5 Å². The van der Waals surface area contributed by atoms with Crippen LogP contribution in [-0.2, 0) is 13.0 Å². The van der Waals surface area contributed by atoms with Crippen molar-refractivity contribution in [1.29, 1.82) is 0 Å². The predicted molar refractivity (Wildman–Crippen MR) is 79.6 cm³/mol. The fourth-order valence-corrected chi connectivity index (χ4v) is 2.58. The van der Waals surface area contributed by atoms with Crippen LogP contribution in [0, 0.1) is 0 Å². The molecule has 0 radical (unpaired) electrons. The Morgan fingerprint density at radius 2 is 2.24 bits per heavy atom. The molecule has 110 valence electrons. The molecule has 1 aliphatic heterocycles. The number of Topliss-reactive ketones (excluding diaryl/α,β-unsaturated/α-hetero) is 1. The number of benzene rings is 1. The molecular weight excluding hydrogens is 266 g/mol. The van der Waals surface area contributed by atoms with Gasteiger partial charge < -0.3 is 9.42 Å². The highest BCUT2D eigenvalue weighted by molar-refractivity contribution is 5.94. The molecule has 0 amide bonds. The first-order valence-electron chi connectivity index (χ1n) is 7.26. The highest BCUT2D eigenvalue weighted by Crippen LogP contribution is 2.30. The predicted octanol–water partition coefficient (Wildman–Crippen LogP) is 2.96. The monoisotopic (exact) mass is 285 g/mol. The number of hydrogen-bond acceptors (Lipinski definition) is 5. The lowest BCUT2D eigenvalue weighted by atomic mass is 10.1. The first-order valence-corrected chi connectivity index (χ1v) is 7.26. The summed E-state index contributed by atoms with van der Waals surface area (Å²) in [5.41, 5.74) is 3.14. The fraction of sp³-hybridized carbons (Fsp3) is 0.438. The van der Waals surface area contributed by atoms with Gasteiger partial charge in [-0.05, 0) is 37.1 Å². The Morgan fingerprint density at radius 1 is 1.43 bits per heavy atom. The van der Waals surface area contributed by atoms with Gasteiger partial charge in [0.2, 0.25) is 5.89 Å². The summed E-state index contributed by atoms with van der Waals surface area (Å²) in [6, 6.07) is 5.89. The molecule has 1 aliphatic rings. The Kier molecular flexibility index (Phi) is 3.49. The van der Waals surface area contributed by atoms with Gasteiger partial charge in [-0.2, -0.15) is 4.98 Å². The number of fused-ring (bicyclic) bond motifs is 1. The summed E-state index contributed by atoms with van der Waals surface area (Å²) in [7, 11) is 0. The number of carbonyl (C=O) groups is 1. The number of rotatable bonds is 4. The van der Waals surface area contributed by atoms with E-state index in [1.54, 1.807) is 6.92 Å². The van der Waals surface area contributed by atoms with E-state index in [0.29, 0.717) is 12.4 Å². The summed E-state index contributed by atoms with van der Waals surface area (Å²) >= 11 is 0. The number of anilines is 1. The standard InChI is InChI=1S/C16H19N3O2/c1-10(2)16-17-15(21-18-16)9-19-7-6-13-8-12(11(3)20)4-5-14(13)19/h4-5,8,10H,6-7,9H2,1-3H3. The molecule has 0 bridgehead atoms. The summed E-state index contributed by atoms with van der Waals surface area (Å²) in [4.78, 5) is 18.1. The van der Waals surface area contributed by atoms with Crippen LogP contribution < -0.4 is 4.90 Å². The number of ketones is 1. The second-order valence-electron chi connectivity index (χ2n) is 5.77. The fourth-order valence-electron chi connectivity index (χ4n) is 2.58. The van der Waals surface area contributed by atoms with Gasteiger partial charge in [0, 0.05) is 23.7 Å². The maximum absolute atomic E-state index is 11.4. The van der Waals surface area contributed by atoms with Gasteiger partial charge in [0.15, 0.2) is 11.6 Å². The quantitative estimate of drug-likeness (QED) is 0.808. The first kappa shape index (κ1) is 13.8. The van der Waals surface area contributed by atoms with Crippen LogP contribution in [0.15, 0.2) is 22.7 Å². The average Bonchev–Trinajstić information content (AvgIpc) is 3.06. The lowest BCUT2D eigenvalue weighted by Gasteiger charge is -2.16. The van der Waals surface area contributed by atoms with Crippen molar-refractivity contribution in [2.45, 2.75) is 39.7 Å². The van der Waals surface area contributed by atoms with Crippen LogP contribution in [0.2, 0.25) is 0 Å². The summed E-state index contributed by atoms with van der Waals surface area (Å²) in [5, 5.41) is 3.99. The zero-order valence-electron chi connectivity index (χ0n) is 12.6. The zero-order valence-corrected chi connectivity index (χ0v) is 12.6. The summed E-state index contributed by atoms with van der Waals surface area (Å²) in [6.07, 6.45) is 0.946. The van der Waals surface area contributed by atoms with E-state index in [-0.39, 0.29) is 11.7 Å². The molecule has 0 saturated carbocycles. The minimum atomic E-state index is 0.106.